The number of hydrogen-bond acceptors (Lipinski definition) is 3. The number of aliphatic hydroxyl groups is 2. The highest BCUT2D eigenvalue weighted by atomic mass is 16.3. The second-order valence-electron chi connectivity index (χ2n) is 9.14. The van der Waals surface area contributed by atoms with Gasteiger partial charge < -0.3 is 10.2 Å². The van der Waals surface area contributed by atoms with Crippen LogP contribution in [0.15, 0.2) is 0 Å². The summed E-state index contributed by atoms with van der Waals surface area (Å²) in [6.07, 6.45) is 7.03. The molecule has 0 aromatic rings. The molecule has 4 saturated carbocycles. The third kappa shape index (κ3) is 1.84. The monoisotopic (exact) mass is 306 g/mol. The van der Waals surface area contributed by atoms with E-state index < -0.39 is 0 Å². The Bertz CT molecular complexity index is 489. The Labute approximate surface area is 133 Å². The Balaban J connectivity index is 1.69. The van der Waals surface area contributed by atoms with Crippen LogP contribution in [0.4, 0.5) is 0 Å². The van der Waals surface area contributed by atoms with Gasteiger partial charge >= 0.3 is 0 Å². The van der Waals surface area contributed by atoms with Gasteiger partial charge in [0.05, 0.1) is 12.2 Å². The smallest absolute Gasteiger partial charge is 0.139 e. The zero-order valence-corrected chi connectivity index (χ0v) is 13.9. The molecule has 4 fully saturated rings. The zero-order chi connectivity index (χ0) is 15.7. The van der Waals surface area contributed by atoms with Crippen molar-refractivity contribution in [3.8, 4) is 0 Å². The molecule has 3 heteroatoms. The number of Topliss-reactive ketones (excluding diaryl/α,β-unsaturated/α-hetero) is 1. The van der Waals surface area contributed by atoms with Crippen molar-refractivity contribution in [2.24, 2.45) is 34.5 Å². The Morgan fingerprint density at radius 2 is 1.77 bits per heavy atom. The lowest BCUT2D eigenvalue weighted by atomic mass is 9.44. The number of hydrogen-bond donors (Lipinski definition) is 2. The molecule has 2 N–H and O–H groups in total. The van der Waals surface area contributed by atoms with Gasteiger partial charge in [0, 0.05) is 11.8 Å². The lowest BCUT2D eigenvalue weighted by Crippen LogP contribution is -2.58. The number of carbonyl (C=O) groups excluding carboxylic acids is 1. The van der Waals surface area contributed by atoms with Gasteiger partial charge in [-0.3, -0.25) is 4.79 Å². The summed E-state index contributed by atoms with van der Waals surface area (Å²) in [7, 11) is 0. The summed E-state index contributed by atoms with van der Waals surface area (Å²) in [5, 5.41) is 20.9. The van der Waals surface area contributed by atoms with Crippen molar-refractivity contribution in [2.45, 2.75) is 77.4 Å². The van der Waals surface area contributed by atoms with Crippen molar-refractivity contribution in [3.05, 3.63) is 0 Å². The second-order valence-corrected chi connectivity index (χ2v) is 9.14. The van der Waals surface area contributed by atoms with Crippen LogP contribution in [0.1, 0.15) is 65.2 Å². The summed E-state index contributed by atoms with van der Waals surface area (Å²) < 4.78 is 0. The first kappa shape index (κ1) is 15.1. The minimum Gasteiger partial charge on any atom is -0.393 e. The summed E-state index contributed by atoms with van der Waals surface area (Å²) in [5.41, 5.74) is 0.0929. The normalized spacial score (nSPS) is 57.9. The van der Waals surface area contributed by atoms with E-state index in [2.05, 4.69) is 13.8 Å². The summed E-state index contributed by atoms with van der Waals surface area (Å²) in [6.45, 7) is 4.57. The van der Waals surface area contributed by atoms with Crippen LogP contribution in [-0.2, 0) is 4.79 Å². The fourth-order valence-corrected chi connectivity index (χ4v) is 6.97. The van der Waals surface area contributed by atoms with Gasteiger partial charge in [-0.05, 0) is 74.0 Å². The van der Waals surface area contributed by atoms with Crippen LogP contribution in [0.2, 0.25) is 0 Å². The molecule has 0 saturated heterocycles. The Hall–Kier alpha value is -0.410. The molecule has 0 bridgehead atoms. The molecule has 2 unspecified atom stereocenters. The number of ketones is 1. The molecule has 4 rings (SSSR count). The molecule has 0 heterocycles. The lowest BCUT2D eigenvalue weighted by Gasteiger charge is -2.61. The summed E-state index contributed by atoms with van der Waals surface area (Å²) >= 11 is 0. The maximum absolute atomic E-state index is 12.4. The number of fused-ring (bicyclic) bond motifs is 5. The molecular weight excluding hydrogens is 276 g/mol. The molecule has 22 heavy (non-hydrogen) atoms. The highest BCUT2D eigenvalue weighted by Crippen LogP contribution is 2.65. The van der Waals surface area contributed by atoms with Crippen molar-refractivity contribution in [2.75, 3.05) is 0 Å². The van der Waals surface area contributed by atoms with Crippen LogP contribution >= 0.6 is 0 Å². The van der Waals surface area contributed by atoms with E-state index in [1.807, 2.05) is 0 Å². The first-order chi connectivity index (χ1) is 10.4. The van der Waals surface area contributed by atoms with E-state index >= 15 is 0 Å². The highest BCUT2D eigenvalue weighted by molar-refractivity contribution is 5.87. The fourth-order valence-electron chi connectivity index (χ4n) is 6.97. The van der Waals surface area contributed by atoms with Gasteiger partial charge in [-0.1, -0.05) is 13.8 Å². The van der Waals surface area contributed by atoms with Crippen LogP contribution in [0.3, 0.4) is 0 Å². The maximum atomic E-state index is 12.4. The Morgan fingerprint density at radius 3 is 2.55 bits per heavy atom. The maximum Gasteiger partial charge on any atom is 0.139 e. The van der Waals surface area contributed by atoms with Crippen molar-refractivity contribution in [1.82, 2.24) is 0 Å². The van der Waals surface area contributed by atoms with E-state index in [4.69, 9.17) is 0 Å². The predicted molar refractivity (Wildman–Crippen MR) is 84.1 cm³/mol. The average molecular weight is 306 g/mol. The molecule has 124 valence electrons. The largest absolute Gasteiger partial charge is 0.393 e. The van der Waals surface area contributed by atoms with Gasteiger partial charge in [0.25, 0.3) is 0 Å². The molecule has 0 aromatic carbocycles. The van der Waals surface area contributed by atoms with Crippen LogP contribution in [0.5, 0.6) is 0 Å². The van der Waals surface area contributed by atoms with Gasteiger partial charge in [-0.25, -0.2) is 0 Å². The molecule has 0 radical (unpaired) electrons. The van der Waals surface area contributed by atoms with Gasteiger partial charge in [-0.2, -0.15) is 0 Å². The molecule has 3 nitrogen and oxygen atoms in total. The van der Waals surface area contributed by atoms with Crippen LogP contribution < -0.4 is 0 Å². The third-order valence-electron chi connectivity index (χ3n) is 8.36. The summed E-state index contributed by atoms with van der Waals surface area (Å²) in [6, 6.07) is 0. The molecule has 0 spiro atoms. The van der Waals surface area contributed by atoms with Gasteiger partial charge in [0.2, 0.25) is 0 Å². The molecular formula is C19H30O3. The van der Waals surface area contributed by atoms with Crippen molar-refractivity contribution in [1.29, 1.82) is 0 Å². The minimum atomic E-state index is -0.274. The van der Waals surface area contributed by atoms with Crippen molar-refractivity contribution < 1.29 is 15.0 Å². The SMILES string of the molecule is C[C@]12CC[C@H](O)CC1CC(O)[C@@H]1[C@@H]2CC[C@]2(C)C(=O)CC[C@@H]12. The quantitative estimate of drug-likeness (QED) is 0.723. The Kier molecular flexibility index (Phi) is 3.30. The van der Waals surface area contributed by atoms with Gasteiger partial charge in [0.15, 0.2) is 0 Å². The van der Waals surface area contributed by atoms with Crippen LogP contribution in [0, 0.1) is 34.5 Å². The molecule has 4 aliphatic rings. The summed E-state index contributed by atoms with van der Waals surface area (Å²) in [5.74, 6) is 2.13. The molecule has 0 aliphatic heterocycles. The Morgan fingerprint density at radius 1 is 1.00 bits per heavy atom. The predicted octanol–water partition coefficient (Wildman–Crippen LogP) is 2.93. The summed E-state index contributed by atoms with van der Waals surface area (Å²) in [4.78, 5) is 12.4. The zero-order valence-electron chi connectivity index (χ0n) is 13.9. The fraction of sp³-hybridized carbons (Fsp3) is 0.947. The first-order valence-corrected chi connectivity index (χ1v) is 9.25. The topological polar surface area (TPSA) is 57.5 Å². The number of aliphatic hydroxyl groups excluding tert-OH is 2. The van der Waals surface area contributed by atoms with Crippen LogP contribution in [0.25, 0.3) is 0 Å². The molecule has 0 aromatic heterocycles. The van der Waals surface area contributed by atoms with E-state index in [-0.39, 0.29) is 23.0 Å². The second kappa shape index (κ2) is 4.80. The molecule has 8 atom stereocenters. The van der Waals surface area contributed by atoms with E-state index in [1.54, 1.807) is 0 Å². The number of carbonyl (C=O) groups is 1. The van der Waals surface area contributed by atoms with Crippen molar-refractivity contribution >= 4 is 5.78 Å². The molecule has 4 aliphatic carbocycles. The number of rotatable bonds is 0. The molecule has 0 amide bonds. The van der Waals surface area contributed by atoms with E-state index in [0.29, 0.717) is 29.5 Å². The minimum absolute atomic E-state index is 0.167. The van der Waals surface area contributed by atoms with E-state index in [1.165, 1.54) is 0 Å². The first-order valence-electron chi connectivity index (χ1n) is 9.25. The average Bonchev–Trinajstić information content (AvgIpc) is 2.77. The van der Waals surface area contributed by atoms with E-state index in [9.17, 15) is 15.0 Å². The highest BCUT2D eigenvalue weighted by Gasteiger charge is 2.62. The van der Waals surface area contributed by atoms with Crippen LogP contribution in [-0.4, -0.2) is 28.2 Å². The lowest BCUT2D eigenvalue weighted by molar-refractivity contribution is -0.171. The van der Waals surface area contributed by atoms with Gasteiger partial charge in [0.1, 0.15) is 5.78 Å². The van der Waals surface area contributed by atoms with Crippen molar-refractivity contribution in [3.63, 3.8) is 0 Å². The van der Waals surface area contributed by atoms with E-state index in [0.717, 1.165) is 51.4 Å². The third-order valence-corrected chi connectivity index (χ3v) is 8.36. The van der Waals surface area contributed by atoms with Gasteiger partial charge in [-0.15, -0.1) is 0 Å². The standard InChI is InChI=1S/C19H30O3/c1-18-7-5-12(20)9-11(18)10-15(21)17-13-3-4-16(22)19(13,2)8-6-14(17)18/h11-15,17,20-21H,3-10H2,1-2H3/t11?,12-,13-,14-,15?,17-,18-,19-/m0/s1.